The van der Waals surface area contributed by atoms with Crippen molar-refractivity contribution in [1.82, 2.24) is 4.90 Å². The molecule has 0 amide bonds. The fourth-order valence-electron chi connectivity index (χ4n) is 3.38. The first-order chi connectivity index (χ1) is 9.36. The summed E-state index contributed by atoms with van der Waals surface area (Å²) in [7, 11) is 1.75. The molecule has 0 unspecified atom stereocenters. The molecule has 2 saturated heterocycles. The molecule has 19 heavy (non-hydrogen) atoms. The first-order valence-corrected chi connectivity index (χ1v) is 7.32. The lowest BCUT2D eigenvalue weighted by Gasteiger charge is -2.41. The van der Waals surface area contributed by atoms with Gasteiger partial charge in [0, 0.05) is 31.8 Å². The number of rotatable bonds is 3. The summed E-state index contributed by atoms with van der Waals surface area (Å²) in [6, 6.07) is 8.34. The minimum absolute atomic E-state index is 0.516. The van der Waals surface area contributed by atoms with Crippen molar-refractivity contribution in [2.45, 2.75) is 31.9 Å². The maximum absolute atomic E-state index is 5.87. The quantitative estimate of drug-likeness (QED) is 0.835. The molecule has 2 fully saturated rings. The van der Waals surface area contributed by atoms with Crippen molar-refractivity contribution in [3.05, 3.63) is 29.8 Å². The Bertz CT molecular complexity index is 421. The van der Waals surface area contributed by atoms with E-state index in [1.807, 2.05) is 12.1 Å². The summed E-state index contributed by atoms with van der Waals surface area (Å²) in [5.74, 6) is 1.74. The lowest BCUT2D eigenvalue weighted by molar-refractivity contribution is -0.0676. The third-order valence-corrected chi connectivity index (χ3v) is 4.39. The smallest absolute Gasteiger partial charge is 0.123 e. The van der Waals surface area contributed by atoms with Gasteiger partial charge < -0.3 is 9.47 Å². The van der Waals surface area contributed by atoms with E-state index in [-0.39, 0.29) is 0 Å². The van der Waals surface area contributed by atoms with Crippen molar-refractivity contribution in [2.24, 2.45) is 5.92 Å². The highest BCUT2D eigenvalue weighted by Gasteiger charge is 2.32. The molecule has 1 aromatic carbocycles. The molecule has 2 aliphatic heterocycles. The Balaban J connectivity index is 1.64. The SMILES string of the molecule is COc1ccccc1CN1CC[C@@H]2OCCC[C@H]2C1. The minimum Gasteiger partial charge on any atom is -0.496 e. The number of hydrogen-bond acceptors (Lipinski definition) is 3. The predicted molar refractivity (Wildman–Crippen MR) is 75.4 cm³/mol. The summed E-state index contributed by atoms with van der Waals surface area (Å²) < 4.78 is 11.3. The highest BCUT2D eigenvalue weighted by atomic mass is 16.5. The zero-order valence-corrected chi connectivity index (χ0v) is 11.7. The van der Waals surface area contributed by atoms with E-state index >= 15 is 0 Å². The highest BCUT2D eigenvalue weighted by Crippen LogP contribution is 2.30. The van der Waals surface area contributed by atoms with E-state index in [9.17, 15) is 0 Å². The zero-order valence-electron chi connectivity index (χ0n) is 11.7. The Kier molecular flexibility index (Phi) is 4.04. The maximum Gasteiger partial charge on any atom is 0.123 e. The number of piperidine rings is 1. The maximum atomic E-state index is 5.87. The molecule has 0 aliphatic carbocycles. The van der Waals surface area contributed by atoms with Crippen LogP contribution in [0.15, 0.2) is 24.3 Å². The lowest BCUT2D eigenvalue weighted by Crippen LogP contribution is -2.45. The van der Waals surface area contributed by atoms with Gasteiger partial charge in [-0.15, -0.1) is 0 Å². The van der Waals surface area contributed by atoms with Gasteiger partial charge in [0.25, 0.3) is 0 Å². The topological polar surface area (TPSA) is 21.7 Å². The van der Waals surface area contributed by atoms with Gasteiger partial charge in [0.05, 0.1) is 13.2 Å². The average Bonchev–Trinajstić information content (AvgIpc) is 2.48. The third kappa shape index (κ3) is 2.93. The summed E-state index contributed by atoms with van der Waals surface area (Å²) in [6.07, 6.45) is 4.25. The molecule has 1 aromatic rings. The molecule has 3 heteroatoms. The van der Waals surface area contributed by atoms with Gasteiger partial charge in [-0.05, 0) is 31.2 Å². The zero-order chi connectivity index (χ0) is 13.1. The fourth-order valence-corrected chi connectivity index (χ4v) is 3.38. The number of nitrogens with zero attached hydrogens (tertiary/aromatic N) is 1. The van der Waals surface area contributed by atoms with E-state index in [4.69, 9.17) is 9.47 Å². The van der Waals surface area contributed by atoms with E-state index in [1.165, 1.54) is 31.4 Å². The molecule has 3 nitrogen and oxygen atoms in total. The minimum atomic E-state index is 0.516. The first kappa shape index (κ1) is 12.9. The van der Waals surface area contributed by atoms with E-state index in [2.05, 4.69) is 17.0 Å². The third-order valence-electron chi connectivity index (χ3n) is 4.39. The molecule has 2 heterocycles. The van der Waals surface area contributed by atoms with Crippen molar-refractivity contribution >= 4 is 0 Å². The van der Waals surface area contributed by atoms with Crippen LogP contribution in [-0.2, 0) is 11.3 Å². The molecule has 0 N–H and O–H groups in total. The van der Waals surface area contributed by atoms with Gasteiger partial charge in [0.2, 0.25) is 0 Å². The molecular weight excluding hydrogens is 238 g/mol. The Labute approximate surface area is 115 Å². The second-order valence-corrected chi connectivity index (χ2v) is 5.65. The van der Waals surface area contributed by atoms with Gasteiger partial charge in [-0.3, -0.25) is 4.90 Å². The number of methoxy groups -OCH3 is 1. The van der Waals surface area contributed by atoms with Gasteiger partial charge in [-0.2, -0.15) is 0 Å². The van der Waals surface area contributed by atoms with Gasteiger partial charge in [0.1, 0.15) is 5.75 Å². The van der Waals surface area contributed by atoms with Crippen LogP contribution < -0.4 is 4.74 Å². The van der Waals surface area contributed by atoms with Crippen LogP contribution in [-0.4, -0.2) is 37.8 Å². The highest BCUT2D eigenvalue weighted by molar-refractivity contribution is 5.33. The van der Waals surface area contributed by atoms with E-state index < -0.39 is 0 Å². The molecule has 3 rings (SSSR count). The molecule has 0 spiro atoms. The molecular formula is C16H23NO2. The summed E-state index contributed by atoms with van der Waals surface area (Å²) in [4.78, 5) is 2.55. The van der Waals surface area contributed by atoms with E-state index in [1.54, 1.807) is 7.11 Å². The van der Waals surface area contributed by atoms with Gasteiger partial charge in [-0.1, -0.05) is 18.2 Å². The Hall–Kier alpha value is -1.06. The van der Waals surface area contributed by atoms with Crippen LogP contribution in [0.4, 0.5) is 0 Å². The Morgan fingerprint density at radius 3 is 3.11 bits per heavy atom. The number of fused-ring (bicyclic) bond motifs is 1. The molecule has 2 aliphatic rings. The lowest BCUT2D eigenvalue weighted by atomic mass is 9.88. The first-order valence-electron chi connectivity index (χ1n) is 7.32. The van der Waals surface area contributed by atoms with Crippen LogP contribution in [0.5, 0.6) is 5.75 Å². The average molecular weight is 261 g/mol. The van der Waals surface area contributed by atoms with Crippen LogP contribution in [0.3, 0.4) is 0 Å². The van der Waals surface area contributed by atoms with Crippen molar-refractivity contribution < 1.29 is 9.47 Å². The van der Waals surface area contributed by atoms with Gasteiger partial charge in [0.15, 0.2) is 0 Å². The van der Waals surface area contributed by atoms with Crippen LogP contribution in [0.1, 0.15) is 24.8 Å². The van der Waals surface area contributed by atoms with Crippen molar-refractivity contribution in [2.75, 3.05) is 26.8 Å². The summed E-state index contributed by atoms with van der Waals surface area (Å²) >= 11 is 0. The summed E-state index contributed by atoms with van der Waals surface area (Å²) in [5, 5.41) is 0. The summed E-state index contributed by atoms with van der Waals surface area (Å²) in [6.45, 7) is 4.27. The normalized spacial score (nSPS) is 27.8. The van der Waals surface area contributed by atoms with Crippen molar-refractivity contribution in [1.29, 1.82) is 0 Å². The number of benzene rings is 1. The van der Waals surface area contributed by atoms with E-state index in [0.29, 0.717) is 6.10 Å². The predicted octanol–water partition coefficient (Wildman–Crippen LogP) is 2.70. The number of likely N-dealkylation sites (tertiary alicyclic amines) is 1. The largest absolute Gasteiger partial charge is 0.496 e. The standard InChI is InChI=1S/C16H23NO2/c1-18-15-7-3-2-5-13(15)11-17-9-8-16-14(12-17)6-4-10-19-16/h2-3,5,7,14,16H,4,6,8-12H2,1H3/t14-,16-/m0/s1. The van der Waals surface area contributed by atoms with E-state index in [0.717, 1.165) is 31.4 Å². The van der Waals surface area contributed by atoms with Gasteiger partial charge >= 0.3 is 0 Å². The van der Waals surface area contributed by atoms with Crippen LogP contribution in [0.2, 0.25) is 0 Å². The number of hydrogen-bond donors (Lipinski definition) is 0. The summed E-state index contributed by atoms with van der Waals surface area (Å²) in [5.41, 5.74) is 1.29. The molecule has 0 aromatic heterocycles. The monoisotopic (exact) mass is 261 g/mol. The van der Waals surface area contributed by atoms with Crippen LogP contribution >= 0.6 is 0 Å². The number of para-hydroxylation sites is 1. The number of ether oxygens (including phenoxy) is 2. The Morgan fingerprint density at radius 2 is 2.21 bits per heavy atom. The second kappa shape index (κ2) is 5.93. The van der Waals surface area contributed by atoms with Crippen LogP contribution in [0.25, 0.3) is 0 Å². The molecule has 0 saturated carbocycles. The Morgan fingerprint density at radius 1 is 1.32 bits per heavy atom. The fraction of sp³-hybridized carbons (Fsp3) is 0.625. The second-order valence-electron chi connectivity index (χ2n) is 5.65. The van der Waals surface area contributed by atoms with Crippen molar-refractivity contribution in [3.63, 3.8) is 0 Å². The molecule has 2 atom stereocenters. The molecule has 0 radical (unpaired) electrons. The van der Waals surface area contributed by atoms with Crippen molar-refractivity contribution in [3.8, 4) is 5.75 Å². The van der Waals surface area contributed by atoms with Crippen LogP contribution in [0, 0.1) is 5.92 Å². The molecule has 104 valence electrons. The van der Waals surface area contributed by atoms with Gasteiger partial charge in [-0.25, -0.2) is 0 Å². The molecule has 0 bridgehead atoms.